The third-order valence-corrected chi connectivity index (χ3v) is 3.03. The first-order chi connectivity index (χ1) is 7.43. The van der Waals surface area contributed by atoms with E-state index in [0.717, 1.165) is 5.56 Å². The minimum absolute atomic E-state index is 0.370. The number of hydrogen-bond donors (Lipinski definition) is 2. The molecule has 82 valence electrons. The summed E-state index contributed by atoms with van der Waals surface area (Å²) in [5.74, 6) is -0.375. The van der Waals surface area contributed by atoms with Crippen molar-refractivity contribution in [2.24, 2.45) is 11.5 Å². The van der Waals surface area contributed by atoms with E-state index in [2.05, 4.69) is 29.1 Å². The van der Waals surface area contributed by atoms with Crippen LogP contribution in [0.15, 0.2) is 31.0 Å². The molecule has 4 N–H and O–H groups in total. The predicted molar refractivity (Wildman–Crippen MR) is 68.7 cm³/mol. The Labute approximate surface area is 101 Å². The van der Waals surface area contributed by atoms with Crippen molar-refractivity contribution in [3.63, 3.8) is 0 Å². The van der Waals surface area contributed by atoms with Gasteiger partial charge >= 0.3 is 0 Å². The lowest BCUT2D eigenvalue weighted by Crippen LogP contribution is -2.02. The van der Waals surface area contributed by atoms with Gasteiger partial charge in [-0.3, -0.25) is 0 Å². The second-order valence-electron chi connectivity index (χ2n) is 3.59. The SMILES string of the molecule is C=C(Br)c1cc(F)cc2c1C(=C)C(N)=C2N. The minimum Gasteiger partial charge on any atom is -0.397 e. The molecular formula is C12H10BrFN2. The van der Waals surface area contributed by atoms with Gasteiger partial charge in [0, 0.05) is 21.2 Å². The van der Waals surface area contributed by atoms with E-state index >= 15 is 0 Å². The average molecular weight is 281 g/mol. The first-order valence-electron chi connectivity index (χ1n) is 4.57. The molecule has 0 bridgehead atoms. The molecule has 1 aliphatic rings. The van der Waals surface area contributed by atoms with Gasteiger partial charge in [-0.1, -0.05) is 29.1 Å². The van der Waals surface area contributed by atoms with Crippen LogP contribution in [0, 0.1) is 5.82 Å². The molecule has 0 radical (unpaired) electrons. The summed E-state index contributed by atoms with van der Waals surface area (Å²) in [5.41, 5.74) is 14.9. The predicted octanol–water partition coefficient (Wildman–Crippen LogP) is 2.80. The summed E-state index contributed by atoms with van der Waals surface area (Å²) >= 11 is 3.24. The van der Waals surface area contributed by atoms with Gasteiger partial charge in [-0.05, 0) is 17.7 Å². The molecule has 0 amide bonds. The molecule has 0 spiro atoms. The third kappa shape index (κ3) is 1.38. The number of fused-ring (bicyclic) bond motifs is 1. The average Bonchev–Trinajstić information content (AvgIpc) is 2.43. The fourth-order valence-electron chi connectivity index (χ4n) is 1.80. The van der Waals surface area contributed by atoms with Gasteiger partial charge in [0.2, 0.25) is 0 Å². The van der Waals surface area contributed by atoms with Gasteiger partial charge in [0.25, 0.3) is 0 Å². The Bertz CT molecular complexity index is 558. The summed E-state index contributed by atoms with van der Waals surface area (Å²) in [6.45, 7) is 7.59. The zero-order chi connectivity index (χ0) is 12.0. The molecule has 0 fully saturated rings. The number of benzene rings is 1. The number of hydrogen-bond acceptors (Lipinski definition) is 2. The van der Waals surface area contributed by atoms with Gasteiger partial charge < -0.3 is 11.5 Å². The fraction of sp³-hybridized carbons (Fsp3) is 0. The number of allylic oxidation sites excluding steroid dienone is 1. The van der Waals surface area contributed by atoms with E-state index in [4.69, 9.17) is 11.5 Å². The van der Waals surface area contributed by atoms with Crippen LogP contribution >= 0.6 is 15.9 Å². The van der Waals surface area contributed by atoms with Crippen molar-refractivity contribution in [1.29, 1.82) is 0 Å². The van der Waals surface area contributed by atoms with E-state index in [-0.39, 0.29) is 5.82 Å². The Morgan fingerprint density at radius 2 is 1.88 bits per heavy atom. The lowest BCUT2D eigenvalue weighted by atomic mass is 9.99. The Hall–Kier alpha value is -1.55. The molecule has 2 rings (SSSR count). The third-order valence-electron chi connectivity index (χ3n) is 2.60. The van der Waals surface area contributed by atoms with E-state index in [1.54, 1.807) is 0 Å². The van der Waals surface area contributed by atoms with Crippen LogP contribution < -0.4 is 11.5 Å². The van der Waals surface area contributed by atoms with Crippen LogP contribution in [0.3, 0.4) is 0 Å². The second kappa shape index (κ2) is 3.49. The van der Waals surface area contributed by atoms with Gasteiger partial charge in [-0.15, -0.1) is 0 Å². The maximum atomic E-state index is 13.4. The highest BCUT2D eigenvalue weighted by Gasteiger charge is 2.25. The highest BCUT2D eigenvalue weighted by atomic mass is 79.9. The summed E-state index contributed by atoms with van der Waals surface area (Å²) < 4.78 is 14.0. The monoisotopic (exact) mass is 280 g/mol. The molecule has 1 aromatic rings. The van der Waals surface area contributed by atoms with Crippen LogP contribution in [-0.4, -0.2) is 0 Å². The smallest absolute Gasteiger partial charge is 0.124 e. The summed E-state index contributed by atoms with van der Waals surface area (Å²) in [4.78, 5) is 0. The van der Waals surface area contributed by atoms with Crippen molar-refractivity contribution in [1.82, 2.24) is 0 Å². The fourth-order valence-corrected chi connectivity index (χ4v) is 2.11. The molecule has 2 nitrogen and oxygen atoms in total. The molecule has 16 heavy (non-hydrogen) atoms. The highest BCUT2D eigenvalue weighted by Crippen LogP contribution is 2.41. The molecule has 0 unspecified atom stereocenters. The highest BCUT2D eigenvalue weighted by molar-refractivity contribution is 9.15. The summed E-state index contributed by atoms with van der Waals surface area (Å²) in [6.07, 6.45) is 0. The first-order valence-corrected chi connectivity index (χ1v) is 5.36. The van der Waals surface area contributed by atoms with Crippen molar-refractivity contribution in [3.05, 3.63) is 53.5 Å². The Kier molecular flexibility index (Phi) is 2.39. The van der Waals surface area contributed by atoms with Crippen molar-refractivity contribution >= 4 is 31.7 Å². The standard InChI is InChI=1S/C12H10BrFN2/c1-5-10-8(6(2)13)3-7(14)4-9(10)12(16)11(5)15/h3-4H,1-2,15-16H2. The Morgan fingerprint density at radius 3 is 2.44 bits per heavy atom. The normalized spacial score (nSPS) is 14.2. The van der Waals surface area contributed by atoms with E-state index in [0.29, 0.717) is 32.6 Å². The zero-order valence-corrected chi connectivity index (χ0v) is 10.1. The number of rotatable bonds is 1. The molecule has 0 aliphatic heterocycles. The van der Waals surface area contributed by atoms with Crippen molar-refractivity contribution < 1.29 is 4.39 Å². The lowest BCUT2D eigenvalue weighted by molar-refractivity contribution is 0.627. The quantitative estimate of drug-likeness (QED) is 0.831. The first kappa shape index (κ1) is 11.0. The molecule has 0 saturated carbocycles. The van der Waals surface area contributed by atoms with Gasteiger partial charge in [-0.25, -0.2) is 4.39 Å². The molecule has 0 saturated heterocycles. The van der Waals surface area contributed by atoms with E-state index in [1.165, 1.54) is 12.1 Å². The lowest BCUT2D eigenvalue weighted by Gasteiger charge is -2.09. The Morgan fingerprint density at radius 1 is 1.25 bits per heavy atom. The van der Waals surface area contributed by atoms with E-state index in [9.17, 15) is 4.39 Å². The second-order valence-corrected chi connectivity index (χ2v) is 4.54. The Balaban J connectivity index is 2.81. The molecule has 1 aromatic carbocycles. The van der Waals surface area contributed by atoms with E-state index in [1.807, 2.05) is 0 Å². The van der Waals surface area contributed by atoms with Gasteiger partial charge in [0.15, 0.2) is 0 Å². The minimum atomic E-state index is -0.375. The van der Waals surface area contributed by atoms with Crippen molar-refractivity contribution in [2.45, 2.75) is 0 Å². The molecule has 0 heterocycles. The van der Waals surface area contributed by atoms with Crippen LogP contribution in [0.4, 0.5) is 4.39 Å². The maximum Gasteiger partial charge on any atom is 0.124 e. The topological polar surface area (TPSA) is 52.0 Å². The molecule has 0 atom stereocenters. The van der Waals surface area contributed by atoms with Gasteiger partial charge in [-0.2, -0.15) is 0 Å². The number of halogens is 2. The van der Waals surface area contributed by atoms with Crippen LogP contribution in [0.1, 0.15) is 16.7 Å². The summed E-state index contributed by atoms with van der Waals surface area (Å²) in [6, 6.07) is 2.74. The molecule has 0 aromatic heterocycles. The largest absolute Gasteiger partial charge is 0.397 e. The number of nitrogens with two attached hydrogens (primary N) is 2. The maximum absolute atomic E-state index is 13.4. The van der Waals surface area contributed by atoms with Crippen molar-refractivity contribution in [3.8, 4) is 0 Å². The summed E-state index contributed by atoms with van der Waals surface area (Å²) in [5, 5.41) is 0. The van der Waals surface area contributed by atoms with Crippen LogP contribution in [0.2, 0.25) is 0 Å². The molecule has 4 heteroatoms. The van der Waals surface area contributed by atoms with Crippen molar-refractivity contribution in [2.75, 3.05) is 0 Å². The zero-order valence-electron chi connectivity index (χ0n) is 8.48. The van der Waals surface area contributed by atoms with Crippen LogP contribution in [0.5, 0.6) is 0 Å². The summed E-state index contributed by atoms with van der Waals surface area (Å²) in [7, 11) is 0. The van der Waals surface area contributed by atoms with Gasteiger partial charge in [0.05, 0.1) is 11.4 Å². The van der Waals surface area contributed by atoms with Gasteiger partial charge in [0.1, 0.15) is 5.82 Å². The molecule has 1 aliphatic carbocycles. The van der Waals surface area contributed by atoms with E-state index < -0.39 is 0 Å². The van der Waals surface area contributed by atoms with Crippen LogP contribution in [0.25, 0.3) is 15.8 Å². The van der Waals surface area contributed by atoms with Crippen LogP contribution in [-0.2, 0) is 0 Å². The molecular weight excluding hydrogens is 271 g/mol.